The van der Waals surface area contributed by atoms with Crippen LogP contribution >= 0.6 is 0 Å². The van der Waals surface area contributed by atoms with Crippen LogP contribution in [-0.4, -0.2) is 37.1 Å². The van der Waals surface area contributed by atoms with Crippen LogP contribution in [0.4, 0.5) is 0 Å². The van der Waals surface area contributed by atoms with Gasteiger partial charge in [-0.25, -0.2) is 9.59 Å². The molecule has 1 aromatic carbocycles. The minimum Gasteiger partial charge on any atom is -0.493 e. The Morgan fingerprint density at radius 2 is 1.88 bits per heavy atom. The average molecular weight is 438 g/mol. The molecule has 1 atom stereocenters. The van der Waals surface area contributed by atoms with E-state index in [1.165, 1.54) is 18.9 Å². The van der Waals surface area contributed by atoms with Gasteiger partial charge in [-0.3, -0.25) is 0 Å². The lowest BCUT2D eigenvalue weighted by atomic mass is 10.0. The van der Waals surface area contributed by atoms with Gasteiger partial charge < -0.3 is 19.1 Å². The highest BCUT2D eigenvalue weighted by molar-refractivity contribution is 5.82. The van der Waals surface area contributed by atoms with E-state index in [9.17, 15) is 9.59 Å². The summed E-state index contributed by atoms with van der Waals surface area (Å²) >= 11 is 0. The van der Waals surface area contributed by atoms with Crippen molar-refractivity contribution in [3.63, 3.8) is 0 Å². The van der Waals surface area contributed by atoms with Crippen molar-refractivity contribution in [3.8, 4) is 11.5 Å². The van der Waals surface area contributed by atoms with Gasteiger partial charge >= 0.3 is 5.97 Å². The molecule has 3 rings (SSSR count). The third kappa shape index (κ3) is 6.14. The van der Waals surface area contributed by atoms with Crippen LogP contribution in [0.3, 0.4) is 0 Å². The van der Waals surface area contributed by atoms with Gasteiger partial charge in [0.25, 0.3) is 0 Å². The van der Waals surface area contributed by atoms with Crippen LogP contribution in [0.1, 0.15) is 52.2 Å². The van der Waals surface area contributed by atoms with Crippen LogP contribution in [0.15, 0.2) is 59.0 Å². The van der Waals surface area contributed by atoms with E-state index in [1.54, 1.807) is 19.3 Å². The van der Waals surface area contributed by atoms with Crippen molar-refractivity contribution in [2.75, 3.05) is 20.3 Å². The van der Waals surface area contributed by atoms with Crippen molar-refractivity contribution in [2.24, 2.45) is 5.92 Å². The molecule has 1 saturated carbocycles. The number of carbonyl (C=O) groups is 1. The monoisotopic (exact) mass is 437 g/mol. The number of rotatable bonds is 9. The van der Waals surface area contributed by atoms with Gasteiger partial charge in [-0.1, -0.05) is 11.6 Å². The molecule has 0 saturated heterocycles. The SMILES string of the molecule is COc1ccc(C(CN2C(C)=CC(=C=O)C=C2C)OC(=O)C=C(C)C)cc1OCC1CC1. The lowest BCUT2D eigenvalue weighted by Crippen LogP contribution is -2.29. The van der Waals surface area contributed by atoms with Crippen LogP contribution in [0, 0.1) is 5.92 Å². The molecule has 0 amide bonds. The van der Waals surface area contributed by atoms with E-state index in [0.717, 1.165) is 22.5 Å². The van der Waals surface area contributed by atoms with Gasteiger partial charge in [0, 0.05) is 17.5 Å². The molecule has 0 N–H and O–H groups in total. The molecule has 1 heterocycles. The molecule has 6 heteroatoms. The Hall–Kier alpha value is -3.24. The van der Waals surface area contributed by atoms with Gasteiger partial charge in [-0.05, 0) is 76.3 Å². The summed E-state index contributed by atoms with van der Waals surface area (Å²) in [5.41, 5.74) is 3.93. The minimum atomic E-state index is -0.555. The number of benzene rings is 1. The average Bonchev–Trinajstić information content (AvgIpc) is 3.57. The highest BCUT2D eigenvalue weighted by Crippen LogP contribution is 2.36. The molecule has 0 aromatic heterocycles. The first kappa shape index (κ1) is 23.4. The summed E-state index contributed by atoms with van der Waals surface area (Å²) in [4.78, 5) is 25.6. The summed E-state index contributed by atoms with van der Waals surface area (Å²) in [5, 5.41) is 0. The molecule has 32 heavy (non-hydrogen) atoms. The first-order chi connectivity index (χ1) is 15.3. The van der Waals surface area contributed by atoms with Crippen LogP contribution in [-0.2, 0) is 14.3 Å². The van der Waals surface area contributed by atoms with E-state index in [1.807, 2.05) is 56.7 Å². The normalized spacial score (nSPS) is 16.4. The number of esters is 1. The standard InChI is InChI=1S/C26H31NO5/c1-17(2)10-26(29)32-25(14-27-18(3)11-21(15-28)12-19(27)4)22-8-9-23(30-5)24(13-22)31-16-20-6-7-20/h8-13,20,25H,6-7,14,16H2,1-5H3. The van der Waals surface area contributed by atoms with Crippen molar-refractivity contribution >= 4 is 11.9 Å². The number of hydrogen-bond acceptors (Lipinski definition) is 6. The number of hydrogen-bond donors (Lipinski definition) is 0. The van der Waals surface area contributed by atoms with E-state index in [2.05, 4.69) is 0 Å². The minimum absolute atomic E-state index is 0.396. The van der Waals surface area contributed by atoms with Crippen molar-refractivity contribution < 1.29 is 23.8 Å². The zero-order chi connectivity index (χ0) is 23.3. The Morgan fingerprint density at radius 3 is 2.44 bits per heavy atom. The van der Waals surface area contributed by atoms with Gasteiger partial charge in [-0.15, -0.1) is 0 Å². The molecule has 170 valence electrons. The molecule has 1 aliphatic carbocycles. The molecule has 1 aromatic rings. The fourth-order valence-electron chi connectivity index (χ4n) is 3.56. The second-order valence-electron chi connectivity index (χ2n) is 8.55. The van der Waals surface area contributed by atoms with Crippen molar-refractivity contribution in [1.82, 2.24) is 4.90 Å². The lowest BCUT2D eigenvalue weighted by Gasteiger charge is -2.32. The molecule has 1 fully saturated rings. The van der Waals surface area contributed by atoms with Crippen molar-refractivity contribution in [1.29, 1.82) is 0 Å². The number of carbonyl (C=O) groups excluding carboxylic acids is 2. The highest BCUT2D eigenvalue weighted by atomic mass is 16.5. The summed E-state index contributed by atoms with van der Waals surface area (Å²) in [5.74, 6) is 3.42. The van der Waals surface area contributed by atoms with E-state index in [4.69, 9.17) is 14.2 Å². The van der Waals surface area contributed by atoms with E-state index in [-0.39, 0.29) is 0 Å². The third-order valence-corrected chi connectivity index (χ3v) is 5.44. The molecule has 6 nitrogen and oxygen atoms in total. The van der Waals surface area contributed by atoms with E-state index < -0.39 is 12.1 Å². The summed E-state index contributed by atoms with van der Waals surface area (Å²) < 4.78 is 17.4. The largest absolute Gasteiger partial charge is 0.493 e. The number of ether oxygens (including phenoxy) is 3. The Kier molecular flexibility index (Phi) is 7.60. The first-order valence-electron chi connectivity index (χ1n) is 10.9. The maximum absolute atomic E-state index is 12.5. The number of nitrogens with zero attached hydrogens (tertiary/aromatic N) is 1. The quantitative estimate of drug-likeness (QED) is 0.311. The molecule has 2 aliphatic rings. The summed E-state index contributed by atoms with van der Waals surface area (Å²) in [6.07, 6.45) is 6.85. The van der Waals surface area contributed by atoms with E-state index >= 15 is 0 Å². The molecule has 1 aliphatic heterocycles. The maximum Gasteiger partial charge on any atom is 0.331 e. The van der Waals surface area contributed by atoms with Crippen molar-refractivity contribution in [3.05, 3.63) is 64.5 Å². The van der Waals surface area contributed by atoms with Gasteiger partial charge in [0.2, 0.25) is 0 Å². The summed E-state index contributed by atoms with van der Waals surface area (Å²) in [6, 6.07) is 5.62. The predicted molar refractivity (Wildman–Crippen MR) is 123 cm³/mol. The summed E-state index contributed by atoms with van der Waals surface area (Å²) in [7, 11) is 1.61. The fourth-order valence-corrected chi connectivity index (χ4v) is 3.56. The van der Waals surface area contributed by atoms with Gasteiger partial charge in [-0.2, -0.15) is 0 Å². The smallest absolute Gasteiger partial charge is 0.331 e. The zero-order valence-electron chi connectivity index (χ0n) is 19.4. The predicted octanol–water partition coefficient (Wildman–Crippen LogP) is 4.92. The van der Waals surface area contributed by atoms with Gasteiger partial charge in [0.1, 0.15) is 12.0 Å². The van der Waals surface area contributed by atoms with Crippen LogP contribution in [0.5, 0.6) is 11.5 Å². The van der Waals surface area contributed by atoms with Crippen LogP contribution in [0.25, 0.3) is 0 Å². The molecule has 0 spiro atoms. The Bertz CT molecular complexity index is 983. The molecular formula is C26H31NO5. The van der Waals surface area contributed by atoms with Crippen LogP contribution < -0.4 is 9.47 Å². The topological polar surface area (TPSA) is 65.1 Å². The Balaban J connectivity index is 1.91. The first-order valence-corrected chi connectivity index (χ1v) is 10.9. The molecule has 0 bridgehead atoms. The highest BCUT2D eigenvalue weighted by Gasteiger charge is 2.26. The number of methoxy groups -OCH3 is 1. The second kappa shape index (κ2) is 10.4. The summed E-state index contributed by atoms with van der Waals surface area (Å²) in [6.45, 7) is 8.59. The number of allylic oxidation sites excluding steroid dienone is 6. The Labute approximate surface area is 189 Å². The Morgan fingerprint density at radius 1 is 1.19 bits per heavy atom. The second-order valence-corrected chi connectivity index (χ2v) is 8.55. The lowest BCUT2D eigenvalue weighted by molar-refractivity contribution is -0.144. The van der Waals surface area contributed by atoms with E-state index in [0.29, 0.717) is 36.1 Å². The van der Waals surface area contributed by atoms with Crippen LogP contribution in [0.2, 0.25) is 0 Å². The third-order valence-electron chi connectivity index (χ3n) is 5.44. The zero-order valence-corrected chi connectivity index (χ0v) is 19.4. The molecular weight excluding hydrogens is 406 g/mol. The van der Waals surface area contributed by atoms with Gasteiger partial charge in [0.15, 0.2) is 11.5 Å². The molecule has 0 radical (unpaired) electrons. The van der Waals surface area contributed by atoms with Gasteiger partial charge in [0.05, 0.1) is 25.8 Å². The molecule has 1 unspecified atom stereocenters. The fraction of sp³-hybridized carbons (Fsp3) is 0.423. The maximum atomic E-state index is 12.5. The van der Waals surface area contributed by atoms with Crippen molar-refractivity contribution in [2.45, 2.75) is 46.6 Å².